The van der Waals surface area contributed by atoms with E-state index in [0.717, 1.165) is 5.56 Å². The van der Waals surface area contributed by atoms with Gasteiger partial charge in [0.1, 0.15) is 5.75 Å². The molecule has 0 radical (unpaired) electrons. The number of rotatable bonds is 4. The predicted molar refractivity (Wildman–Crippen MR) is 82.0 cm³/mol. The third kappa shape index (κ3) is 3.32. The summed E-state index contributed by atoms with van der Waals surface area (Å²) in [6.07, 6.45) is 0. The van der Waals surface area contributed by atoms with Gasteiger partial charge >= 0.3 is 5.69 Å². The molecule has 0 heterocycles. The van der Waals surface area contributed by atoms with Crippen molar-refractivity contribution in [2.45, 2.75) is 5.33 Å². The van der Waals surface area contributed by atoms with Crippen molar-refractivity contribution < 1.29 is 9.66 Å². The summed E-state index contributed by atoms with van der Waals surface area (Å²) >= 11 is 9.39. The van der Waals surface area contributed by atoms with Crippen LogP contribution >= 0.6 is 27.5 Å². The van der Waals surface area contributed by atoms with Crippen LogP contribution in [-0.2, 0) is 5.33 Å². The maximum atomic E-state index is 11.1. The molecule has 0 bridgehead atoms. The third-order valence-electron chi connectivity index (χ3n) is 2.69. The SMILES string of the molecule is N#Cc1ccc(Oc2c(Cl)cccc2CBr)c([N+](=O)[O-])c1. The summed E-state index contributed by atoms with van der Waals surface area (Å²) in [5, 5.41) is 20.7. The van der Waals surface area contributed by atoms with Crippen LogP contribution in [0.2, 0.25) is 5.02 Å². The standard InChI is InChI=1S/C14H8BrClN2O3/c15-7-10-2-1-3-11(16)14(10)21-13-5-4-9(8-17)6-12(13)18(19)20/h1-6H,7H2. The molecule has 0 aliphatic rings. The zero-order valence-corrected chi connectivity index (χ0v) is 12.9. The molecule has 0 atom stereocenters. The summed E-state index contributed by atoms with van der Waals surface area (Å²) in [6.45, 7) is 0. The largest absolute Gasteiger partial charge is 0.448 e. The highest BCUT2D eigenvalue weighted by Gasteiger charge is 2.19. The summed E-state index contributed by atoms with van der Waals surface area (Å²) in [4.78, 5) is 10.5. The van der Waals surface area contributed by atoms with E-state index in [9.17, 15) is 10.1 Å². The van der Waals surface area contributed by atoms with E-state index >= 15 is 0 Å². The minimum atomic E-state index is -0.596. The van der Waals surface area contributed by atoms with Gasteiger partial charge in [0.2, 0.25) is 5.75 Å². The van der Waals surface area contributed by atoms with E-state index in [0.29, 0.717) is 16.1 Å². The van der Waals surface area contributed by atoms with Gasteiger partial charge in [0, 0.05) is 17.0 Å². The Bertz CT molecular complexity index is 743. The van der Waals surface area contributed by atoms with Crippen LogP contribution in [0, 0.1) is 21.4 Å². The summed E-state index contributed by atoms with van der Waals surface area (Å²) < 4.78 is 5.61. The predicted octanol–water partition coefficient (Wildman–Crippen LogP) is 4.81. The Morgan fingerprint density at radius 3 is 2.76 bits per heavy atom. The number of halogens is 2. The Balaban J connectivity index is 2.50. The molecule has 0 aromatic heterocycles. The minimum absolute atomic E-state index is 0.0364. The number of nitrogens with zero attached hydrogens (tertiary/aromatic N) is 2. The molecule has 0 saturated heterocycles. The van der Waals surface area contributed by atoms with E-state index in [1.165, 1.54) is 18.2 Å². The summed E-state index contributed by atoms with van der Waals surface area (Å²) in [5.74, 6) is 0.387. The summed E-state index contributed by atoms with van der Waals surface area (Å²) in [5.41, 5.74) is 0.671. The van der Waals surface area contributed by atoms with E-state index in [2.05, 4.69) is 15.9 Å². The molecule has 5 nitrogen and oxygen atoms in total. The van der Waals surface area contributed by atoms with Crippen LogP contribution < -0.4 is 4.74 Å². The van der Waals surface area contributed by atoms with Gasteiger partial charge in [-0.05, 0) is 18.2 Å². The van der Waals surface area contributed by atoms with Gasteiger partial charge in [-0.15, -0.1) is 0 Å². The monoisotopic (exact) mass is 366 g/mol. The van der Waals surface area contributed by atoms with Crippen molar-refractivity contribution in [2.75, 3.05) is 0 Å². The van der Waals surface area contributed by atoms with E-state index < -0.39 is 4.92 Å². The van der Waals surface area contributed by atoms with Gasteiger partial charge in [-0.25, -0.2) is 0 Å². The Morgan fingerprint density at radius 1 is 1.38 bits per heavy atom. The molecule has 2 aromatic rings. The highest BCUT2D eigenvalue weighted by molar-refractivity contribution is 9.08. The van der Waals surface area contributed by atoms with Crippen molar-refractivity contribution in [3.8, 4) is 17.6 Å². The number of hydrogen-bond acceptors (Lipinski definition) is 4. The smallest absolute Gasteiger partial charge is 0.312 e. The lowest BCUT2D eigenvalue weighted by atomic mass is 10.2. The van der Waals surface area contributed by atoms with Crippen LogP contribution in [0.25, 0.3) is 0 Å². The Kier molecular flexibility index (Phi) is 4.78. The number of ether oxygens (including phenoxy) is 1. The molecule has 2 aromatic carbocycles. The molecule has 0 spiro atoms. The number of para-hydroxylation sites is 1. The van der Waals surface area contributed by atoms with Gasteiger partial charge in [-0.1, -0.05) is 39.7 Å². The average molecular weight is 368 g/mol. The van der Waals surface area contributed by atoms with Gasteiger partial charge < -0.3 is 4.74 Å². The molecule has 0 aliphatic heterocycles. The van der Waals surface area contributed by atoms with Crippen molar-refractivity contribution in [3.63, 3.8) is 0 Å². The topological polar surface area (TPSA) is 76.2 Å². The number of alkyl halides is 1. The molecular formula is C14H8BrClN2O3. The first-order valence-electron chi connectivity index (χ1n) is 5.76. The van der Waals surface area contributed by atoms with E-state index in [1.807, 2.05) is 6.07 Å². The van der Waals surface area contributed by atoms with Gasteiger partial charge in [0.15, 0.2) is 0 Å². The molecular weight excluding hydrogens is 360 g/mol. The number of nitro groups is 1. The van der Waals surface area contributed by atoms with Crippen molar-refractivity contribution >= 4 is 33.2 Å². The van der Waals surface area contributed by atoms with E-state index in [1.54, 1.807) is 18.2 Å². The van der Waals surface area contributed by atoms with Crippen LogP contribution in [0.4, 0.5) is 5.69 Å². The highest BCUT2D eigenvalue weighted by atomic mass is 79.9. The fourth-order valence-electron chi connectivity index (χ4n) is 1.70. The fourth-order valence-corrected chi connectivity index (χ4v) is 2.37. The number of nitriles is 1. The first-order chi connectivity index (χ1) is 10.1. The van der Waals surface area contributed by atoms with E-state index in [-0.39, 0.29) is 17.0 Å². The molecule has 0 amide bonds. The second-order valence-electron chi connectivity index (χ2n) is 4.02. The van der Waals surface area contributed by atoms with Gasteiger partial charge in [-0.3, -0.25) is 10.1 Å². The van der Waals surface area contributed by atoms with Crippen molar-refractivity contribution in [1.82, 2.24) is 0 Å². The molecule has 0 fully saturated rings. The number of benzene rings is 2. The molecule has 21 heavy (non-hydrogen) atoms. The lowest BCUT2D eigenvalue weighted by molar-refractivity contribution is -0.385. The Labute approximate surface area is 134 Å². The lowest BCUT2D eigenvalue weighted by Crippen LogP contribution is -1.96. The third-order valence-corrected chi connectivity index (χ3v) is 3.59. The fraction of sp³-hybridized carbons (Fsp3) is 0.0714. The zero-order valence-electron chi connectivity index (χ0n) is 10.5. The highest BCUT2D eigenvalue weighted by Crippen LogP contribution is 2.38. The van der Waals surface area contributed by atoms with Crippen LogP contribution in [-0.4, -0.2) is 4.92 Å². The number of hydrogen-bond donors (Lipinski definition) is 0. The molecule has 0 saturated carbocycles. The molecule has 106 valence electrons. The van der Waals surface area contributed by atoms with Crippen molar-refractivity contribution in [3.05, 3.63) is 62.7 Å². The van der Waals surface area contributed by atoms with Gasteiger partial charge in [0.25, 0.3) is 0 Å². The minimum Gasteiger partial charge on any atom is -0.448 e. The zero-order chi connectivity index (χ0) is 15.4. The molecule has 0 N–H and O–H groups in total. The first-order valence-corrected chi connectivity index (χ1v) is 7.26. The van der Waals surface area contributed by atoms with Crippen LogP contribution in [0.15, 0.2) is 36.4 Å². The van der Waals surface area contributed by atoms with Crippen molar-refractivity contribution in [1.29, 1.82) is 5.26 Å². The Hall–Kier alpha value is -2.10. The van der Waals surface area contributed by atoms with E-state index in [4.69, 9.17) is 21.6 Å². The summed E-state index contributed by atoms with van der Waals surface area (Å²) in [6, 6.07) is 11.1. The second kappa shape index (κ2) is 6.57. The maximum Gasteiger partial charge on any atom is 0.312 e. The van der Waals surface area contributed by atoms with Crippen molar-refractivity contribution in [2.24, 2.45) is 0 Å². The van der Waals surface area contributed by atoms with Gasteiger partial charge in [-0.2, -0.15) is 5.26 Å². The first kappa shape index (κ1) is 15.3. The molecule has 0 unspecified atom stereocenters. The number of nitro benzene ring substituents is 1. The van der Waals surface area contributed by atoms with Gasteiger partial charge in [0.05, 0.1) is 21.6 Å². The normalized spacial score (nSPS) is 9.95. The quantitative estimate of drug-likeness (QED) is 0.441. The molecule has 0 aliphatic carbocycles. The van der Waals surface area contributed by atoms with Crippen LogP contribution in [0.3, 0.4) is 0 Å². The maximum absolute atomic E-state index is 11.1. The molecule has 7 heteroatoms. The summed E-state index contributed by atoms with van der Waals surface area (Å²) in [7, 11) is 0. The van der Waals surface area contributed by atoms with Crippen LogP contribution in [0.5, 0.6) is 11.5 Å². The molecule has 2 rings (SSSR count). The Morgan fingerprint density at radius 2 is 2.14 bits per heavy atom. The van der Waals surface area contributed by atoms with Crippen LogP contribution in [0.1, 0.15) is 11.1 Å². The second-order valence-corrected chi connectivity index (χ2v) is 4.98. The lowest BCUT2D eigenvalue weighted by Gasteiger charge is -2.11. The average Bonchev–Trinajstić information content (AvgIpc) is 2.49.